The van der Waals surface area contributed by atoms with Gasteiger partial charge in [-0.05, 0) is 84.2 Å². The molecule has 1 unspecified atom stereocenters. The normalized spacial score (nSPS) is 14.9. The van der Waals surface area contributed by atoms with E-state index in [4.69, 9.17) is 0 Å². The van der Waals surface area contributed by atoms with Gasteiger partial charge in [0.2, 0.25) is 17.1 Å². The fraction of sp³-hybridized carbons (Fsp3) is 0.0185. The third-order valence-corrected chi connectivity index (χ3v) is 12.0. The van der Waals surface area contributed by atoms with E-state index in [-0.39, 0.29) is 6.04 Å². The standard InChI is InChI=1S/C54H36N3/c1-3-17-36(18-4-1)55-51-29-15-16-30-52(51)56(37-19-5-2-6-20-37)54-35-48-43-32-31-38(57-49-27-13-11-25-44(49)45-26-12-14-28-50(45)57)33-46(43)41-23-9-7-21-39(41)40-22-8-10-24-42(40)47(48)34-53(54)55/h1-35,52H/q+1. The summed E-state index contributed by atoms with van der Waals surface area (Å²) in [5.74, 6) is 0. The lowest BCUT2D eigenvalue weighted by Gasteiger charge is -2.35. The van der Waals surface area contributed by atoms with Crippen LogP contribution in [0.1, 0.15) is 0 Å². The number of anilines is 2. The Morgan fingerprint density at radius 2 is 0.930 bits per heavy atom. The van der Waals surface area contributed by atoms with Gasteiger partial charge in [-0.15, -0.1) is 0 Å². The highest BCUT2D eigenvalue weighted by atomic mass is 15.2. The number of hydrogen-bond acceptors (Lipinski definition) is 1. The van der Waals surface area contributed by atoms with E-state index in [2.05, 4.69) is 226 Å². The van der Waals surface area contributed by atoms with Crippen LogP contribution in [0, 0.1) is 41.7 Å². The van der Waals surface area contributed by atoms with Crippen molar-refractivity contribution in [3.63, 3.8) is 0 Å². The third kappa shape index (κ3) is 4.76. The van der Waals surface area contributed by atoms with Crippen molar-refractivity contribution in [1.82, 2.24) is 9.14 Å². The molecule has 1 aliphatic heterocycles. The molecule has 0 saturated carbocycles. The maximum atomic E-state index is 2.52. The van der Waals surface area contributed by atoms with E-state index < -0.39 is 0 Å². The maximum absolute atomic E-state index is 2.52. The van der Waals surface area contributed by atoms with Crippen LogP contribution in [0.2, 0.25) is 0 Å². The van der Waals surface area contributed by atoms with Crippen LogP contribution < -0.4 is 9.48 Å². The lowest BCUT2D eigenvalue weighted by molar-refractivity contribution is 0.894. The summed E-state index contributed by atoms with van der Waals surface area (Å²) in [5.41, 5.74) is 9.41. The van der Waals surface area contributed by atoms with Gasteiger partial charge in [0, 0.05) is 46.4 Å². The molecule has 3 aliphatic rings. The van der Waals surface area contributed by atoms with Gasteiger partial charge in [0.15, 0.2) is 0 Å². The predicted octanol–water partition coefficient (Wildman–Crippen LogP) is 12.2. The largest absolute Gasteiger partial charge is 0.319 e. The zero-order valence-corrected chi connectivity index (χ0v) is 31.1. The molecule has 0 saturated heterocycles. The van der Waals surface area contributed by atoms with E-state index in [1.54, 1.807) is 0 Å². The minimum atomic E-state index is 0.00173. The molecule has 3 nitrogen and oxygen atoms in total. The average molecular weight is 727 g/mol. The molecule has 9 aromatic rings. The Morgan fingerprint density at radius 1 is 0.404 bits per heavy atom. The third-order valence-electron chi connectivity index (χ3n) is 12.0. The minimum Gasteiger partial charge on any atom is -0.319 e. The number of allylic oxidation sites excluding steroid dienone is 2. The molecule has 0 amide bonds. The number of fused-ring (bicyclic) bond motifs is 9. The van der Waals surface area contributed by atoms with Crippen LogP contribution in [0.15, 0.2) is 212 Å². The van der Waals surface area contributed by atoms with Crippen molar-refractivity contribution in [2.75, 3.05) is 4.90 Å². The van der Waals surface area contributed by atoms with Crippen molar-refractivity contribution >= 4 is 50.3 Å². The summed E-state index contributed by atoms with van der Waals surface area (Å²) in [4.78, 5) is 2.52. The first-order chi connectivity index (χ1) is 28.3. The number of nitrogens with zero attached hydrogens (tertiary/aromatic N) is 3. The first-order valence-electron chi connectivity index (χ1n) is 19.7. The lowest BCUT2D eigenvalue weighted by Crippen LogP contribution is -2.44. The van der Waals surface area contributed by atoms with E-state index in [1.807, 2.05) is 0 Å². The lowest BCUT2D eigenvalue weighted by atomic mass is 9.95. The molecule has 8 aromatic carbocycles. The molecule has 1 atom stereocenters. The van der Waals surface area contributed by atoms with Gasteiger partial charge in [-0.25, -0.2) is 0 Å². The molecule has 0 N–H and O–H groups in total. The summed E-state index contributed by atoms with van der Waals surface area (Å²) in [6.07, 6.45) is 8.96. The van der Waals surface area contributed by atoms with E-state index in [0.29, 0.717) is 0 Å². The number of benzene rings is 8. The number of para-hydroxylation sites is 4. The molecular formula is C54H36N3+. The Hall–Kier alpha value is -7.49. The van der Waals surface area contributed by atoms with Crippen molar-refractivity contribution in [1.29, 1.82) is 0 Å². The molecule has 57 heavy (non-hydrogen) atoms. The monoisotopic (exact) mass is 726 g/mol. The molecule has 266 valence electrons. The van der Waals surface area contributed by atoms with Crippen molar-refractivity contribution in [3.05, 3.63) is 254 Å². The van der Waals surface area contributed by atoms with Gasteiger partial charge in [0.05, 0.1) is 11.0 Å². The molecule has 0 radical (unpaired) electrons. The van der Waals surface area contributed by atoms with E-state index in [9.17, 15) is 0 Å². The molecule has 0 bridgehead atoms. The van der Waals surface area contributed by atoms with Crippen molar-refractivity contribution in [2.45, 2.75) is 6.04 Å². The molecule has 1 aromatic heterocycles. The minimum absolute atomic E-state index is 0.00173. The summed E-state index contributed by atoms with van der Waals surface area (Å²) >= 11 is 0. The van der Waals surface area contributed by atoms with Gasteiger partial charge in [-0.1, -0.05) is 146 Å². The molecule has 12 rings (SSSR count). The van der Waals surface area contributed by atoms with Crippen molar-refractivity contribution in [3.8, 4) is 5.69 Å². The maximum Gasteiger partial charge on any atom is 0.235 e. The zero-order valence-electron chi connectivity index (χ0n) is 31.1. The van der Waals surface area contributed by atoms with Gasteiger partial charge in [-0.3, -0.25) is 0 Å². The van der Waals surface area contributed by atoms with Gasteiger partial charge < -0.3 is 9.47 Å². The smallest absolute Gasteiger partial charge is 0.235 e. The summed E-state index contributed by atoms with van der Waals surface area (Å²) < 4.78 is 4.91. The summed E-state index contributed by atoms with van der Waals surface area (Å²) in [6, 6.07) is 69.2. The van der Waals surface area contributed by atoms with Crippen molar-refractivity contribution in [2.24, 2.45) is 0 Å². The molecular weight excluding hydrogens is 691 g/mol. The van der Waals surface area contributed by atoms with Crippen LogP contribution in [0.25, 0.3) is 27.5 Å². The zero-order chi connectivity index (χ0) is 37.5. The SMILES string of the molecule is C1=CC2=[N+](c3ccccc3)c3cc4c(cc3N(c3ccccc3)C2C=C1)=c1ccc(-n2c3ccccc3c3ccccc32)cc1=c1ccccc1=c1ccccc1=4. The number of aromatic nitrogens is 1. The van der Waals surface area contributed by atoms with Gasteiger partial charge in [-0.2, -0.15) is 4.58 Å². The van der Waals surface area contributed by atoms with E-state index in [0.717, 1.165) is 22.7 Å². The Labute approximate surface area is 328 Å². The van der Waals surface area contributed by atoms with Gasteiger partial charge >= 0.3 is 0 Å². The topological polar surface area (TPSA) is 11.2 Å². The fourth-order valence-electron chi connectivity index (χ4n) is 9.62. The predicted molar refractivity (Wildman–Crippen MR) is 234 cm³/mol. The van der Waals surface area contributed by atoms with Crippen LogP contribution in [0.4, 0.5) is 22.7 Å². The average Bonchev–Trinajstić information content (AvgIpc) is 3.62. The van der Waals surface area contributed by atoms with Gasteiger partial charge in [0.1, 0.15) is 11.7 Å². The molecule has 0 fully saturated rings. The first-order valence-corrected chi connectivity index (χ1v) is 19.7. The Balaban J connectivity index is 1.31. The molecule has 2 aliphatic carbocycles. The number of hydrogen-bond donors (Lipinski definition) is 0. The van der Waals surface area contributed by atoms with E-state index >= 15 is 0 Å². The van der Waals surface area contributed by atoms with Crippen LogP contribution in [-0.4, -0.2) is 16.3 Å². The first kappa shape index (κ1) is 31.8. The second-order valence-corrected chi connectivity index (χ2v) is 15.1. The highest BCUT2D eigenvalue weighted by Gasteiger charge is 2.40. The second-order valence-electron chi connectivity index (χ2n) is 15.1. The molecule has 3 heteroatoms. The molecule has 0 spiro atoms. The number of rotatable bonds is 3. The van der Waals surface area contributed by atoms with Crippen LogP contribution in [0.3, 0.4) is 0 Å². The highest BCUT2D eigenvalue weighted by molar-refractivity contribution is 6.12. The van der Waals surface area contributed by atoms with Gasteiger partial charge in [0.25, 0.3) is 0 Å². The van der Waals surface area contributed by atoms with E-state index in [1.165, 1.54) is 75.0 Å². The van der Waals surface area contributed by atoms with Crippen molar-refractivity contribution < 1.29 is 0 Å². The van der Waals surface area contributed by atoms with Crippen LogP contribution in [-0.2, 0) is 0 Å². The quantitative estimate of drug-likeness (QED) is 0.165. The van der Waals surface area contributed by atoms with Crippen LogP contribution >= 0.6 is 0 Å². The van der Waals surface area contributed by atoms with Crippen LogP contribution in [0.5, 0.6) is 0 Å². The Kier molecular flexibility index (Phi) is 6.99. The fourth-order valence-corrected chi connectivity index (χ4v) is 9.62. The Morgan fingerprint density at radius 3 is 1.60 bits per heavy atom. The highest BCUT2D eigenvalue weighted by Crippen LogP contribution is 2.43. The Bertz CT molecular complexity index is 3590. The summed E-state index contributed by atoms with van der Waals surface area (Å²) in [7, 11) is 0. The molecule has 2 heterocycles. The summed E-state index contributed by atoms with van der Waals surface area (Å²) in [5, 5.41) is 12.3. The summed E-state index contributed by atoms with van der Waals surface area (Å²) in [6.45, 7) is 0. The second kappa shape index (κ2) is 12.5.